The molecule has 148 valence electrons. The van der Waals surface area contributed by atoms with Crippen LogP contribution in [-0.4, -0.2) is 30.1 Å². The van der Waals surface area contributed by atoms with Gasteiger partial charge in [-0.1, -0.05) is 41.9 Å². The molecule has 1 aliphatic carbocycles. The van der Waals surface area contributed by atoms with Crippen molar-refractivity contribution >= 4 is 23.5 Å². The molecule has 0 bridgehead atoms. The molecule has 0 aliphatic heterocycles. The van der Waals surface area contributed by atoms with Crippen LogP contribution < -0.4 is 10.1 Å². The Morgan fingerprint density at radius 2 is 1.75 bits per heavy atom. The third-order valence-corrected chi connectivity index (χ3v) is 4.98. The highest BCUT2D eigenvalue weighted by Gasteiger charge is 2.46. The van der Waals surface area contributed by atoms with Gasteiger partial charge in [0, 0.05) is 12.8 Å². The summed E-state index contributed by atoms with van der Waals surface area (Å²) in [6, 6.07) is 12.8. The number of ether oxygens (including phenoxy) is 2. The van der Waals surface area contributed by atoms with Gasteiger partial charge in [0.2, 0.25) is 0 Å². The molecule has 2 aromatic carbocycles. The summed E-state index contributed by atoms with van der Waals surface area (Å²) in [5.41, 5.74) is 1.20. The number of halogens is 1. The second-order valence-electron chi connectivity index (χ2n) is 7.16. The molecule has 1 N–H and O–H groups in total. The molecular formula is C22H24ClNO4. The van der Waals surface area contributed by atoms with Gasteiger partial charge in [0.25, 0.3) is 5.91 Å². The Bertz CT molecular complexity index is 869. The highest BCUT2D eigenvalue weighted by Crippen LogP contribution is 2.34. The van der Waals surface area contributed by atoms with Crippen LogP contribution in [0.25, 0.3) is 0 Å². The lowest BCUT2D eigenvalue weighted by Crippen LogP contribution is -2.56. The summed E-state index contributed by atoms with van der Waals surface area (Å²) in [4.78, 5) is 26.0. The first kappa shape index (κ1) is 20.2. The molecule has 1 aliphatic rings. The van der Waals surface area contributed by atoms with Crippen molar-refractivity contribution in [1.82, 2.24) is 5.32 Å². The normalized spacial score (nSPS) is 14.5. The van der Waals surface area contributed by atoms with E-state index in [1.165, 1.54) is 0 Å². The van der Waals surface area contributed by atoms with Gasteiger partial charge in [-0.15, -0.1) is 0 Å². The lowest BCUT2D eigenvalue weighted by Gasteiger charge is -2.28. The van der Waals surface area contributed by atoms with Crippen molar-refractivity contribution in [3.05, 3.63) is 64.2 Å². The molecule has 0 atom stereocenters. The Balaban J connectivity index is 1.94. The molecule has 0 radical (unpaired) electrons. The summed E-state index contributed by atoms with van der Waals surface area (Å²) in [7, 11) is 0. The first-order chi connectivity index (χ1) is 13.4. The molecule has 0 heterocycles. The average molecular weight is 402 g/mol. The van der Waals surface area contributed by atoms with E-state index in [-0.39, 0.29) is 12.7 Å². The number of hydrogen-bond acceptors (Lipinski definition) is 4. The maximum Gasteiger partial charge on any atom is 0.332 e. The molecule has 6 heteroatoms. The van der Waals surface area contributed by atoms with Crippen LogP contribution in [0.1, 0.15) is 42.3 Å². The minimum Gasteiger partial charge on any atom is -0.489 e. The minimum absolute atomic E-state index is 0.152. The fraction of sp³-hybridized carbons (Fsp3) is 0.364. The van der Waals surface area contributed by atoms with Gasteiger partial charge >= 0.3 is 5.97 Å². The van der Waals surface area contributed by atoms with E-state index in [1.807, 2.05) is 38.1 Å². The summed E-state index contributed by atoms with van der Waals surface area (Å²) in [6.07, 6.45) is 0.616. The van der Waals surface area contributed by atoms with Gasteiger partial charge in [0.05, 0.1) is 23.3 Å². The molecular weight excluding hydrogens is 378 g/mol. The summed E-state index contributed by atoms with van der Waals surface area (Å²) in [6.45, 7) is 5.71. The number of para-hydroxylation sites is 1. The summed E-state index contributed by atoms with van der Waals surface area (Å²) < 4.78 is 11.1. The summed E-state index contributed by atoms with van der Waals surface area (Å²) in [5, 5.41) is 3.28. The van der Waals surface area contributed by atoms with Crippen molar-refractivity contribution in [1.29, 1.82) is 0 Å². The average Bonchev–Trinajstić information content (AvgIpc) is 3.02. The molecule has 3 rings (SSSR count). The fourth-order valence-electron chi connectivity index (χ4n) is 3.50. The number of esters is 1. The second kappa shape index (κ2) is 8.23. The van der Waals surface area contributed by atoms with E-state index in [9.17, 15) is 9.59 Å². The molecule has 0 saturated carbocycles. The van der Waals surface area contributed by atoms with E-state index < -0.39 is 17.4 Å². The Morgan fingerprint density at radius 1 is 1.11 bits per heavy atom. The van der Waals surface area contributed by atoms with Crippen molar-refractivity contribution in [2.45, 2.75) is 45.3 Å². The molecule has 0 spiro atoms. The van der Waals surface area contributed by atoms with Crippen LogP contribution in [0.15, 0.2) is 42.5 Å². The molecule has 1 amide bonds. The summed E-state index contributed by atoms with van der Waals surface area (Å²) >= 11 is 6.26. The molecule has 0 unspecified atom stereocenters. The molecule has 28 heavy (non-hydrogen) atoms. The SMILES string of the molecule is CCOC(=O)C1(NC(=O)c2cccc(Cl)c2OC(C)C)Cc2ccccc2C1. The molecule has 2 aromatic rings. The summed E-state index contributed by atoms with van der Waals surface area (Å²) in [5.74, 6) is -0.543. The zero-order valence-corrected chi connectivity index (χ0v) is 17.0. The fourth-order valence-corrected chi connectivity index (χ4v) is 3.72. The zero-order valence-electron chi connectivity index (χ0n) is 16.3. The molecule has 0 saturated heterocycles. The van der Waals surface area contributed by atoms with Crippen LogP contribution in [0.2, 0.25) is 5.02 Å². The van der Waals surface area contributed by atoms with E-state index >= 15 is 0 Å². The van der Waals surface area contributed by atoms with E-state index in [2.05, 4.69) is 5.32 Å². The van der Waals surface area contributed by atoms with E-state index in [0.717, 1.165) is 11.1 Å². The number of rotatable bonds is 6. The van der Waals surface area contributed by atoms with Gasteiger partial charge in [-0.05, 0) is 44.0 Å². The van der Waals surface area contributed by atoms with Crippen molar-refractivity contribution in [3.63, 3.8) is 0 Å². The molecule has 0 fully saturated rings. The number of nitrogens with one attached hydrogen (secondary N) is 1. The van der Waals surface area contributed by atoms with Gasteiger partial charge in [-0.3, -0.25) is 4.79 Å². The second-order valence-corrected chi connectivity index (χ2v) is 7.57. The number of hydrogen-bond donors (Lipinski definition) is 1. The van der Waals surface area contributed by atoms with Crippen LogP contribution >= 0.6 is 11.6 Å². The molecule has 0 aromatic heterocycles. The molecule has 5 nitrogen and oxygen atoms in total. The van der Waals surface area contributed by atoms with Gasteiger partial charge < -0.3 is 14.8 Å². The Kier molecular flexibility index (Phi) is 5.94. The Morgan fingerprint density at radius 3 is 2.32 bits per heavy atom. The van der Waals surface area contributed by atoms with Crippen molar-refractivity contribution in [2.75, 3.05) is 6.61 Å². The smallest absolute Gasteiger partial charge is 0.332 e. The quantitative estimate of drug-likeness (QED) is 0.744. The lowest BCUT2D eigenvalue weighted by atomic mass is 9.95. The van der Waals surface area contributed by atoms with Gasteiger partial charge in [0.15, 0.2) is 5.75 Å². The predicted octanol–water partition coefficient (Wildman–Crippen LogP) is 3.96. The standard InChI is InChI=1S/C22H24ClNO4/c1-4-27-21(26)22(12-15-8-5-6-9-16(15)13-22)24-20(25)17-10-7-11-18(23)19(17)28-14(2)3/h5-11,14H,4,12-13H2,1-3H3,(H,24,25). The zero-order chi connectivity index (χ0) is 20.3. The topological polar surface area (TPSA) is 64.6 Å². The maximum atomic E-state index is 13.2. The van der Waals surface area contributed by atoms with Crippen LogP contribution in [0, 0.1) is 0 Å². The van der Waals surface area contributed by atoms with Gasteiger partial charge in [-0.25, -0.2) is 4.79 Å². The highest BCUT2D eigenvalue weighted by molar-refractivity contribution is 6.32. The van der Waals surface area contributed by atoms with Crippen LogP contribution in [0.3, 0.4) is 0 Å². The number of fused-ring (bicyclic) bond motifs is 1. The Labute approximate surface area is 170 Å². The predicted molar refractivity (Wildman–Crippen MR) is 108 cm³/mol. The van der Waals surface area contributed by atoms with Crippen LogP contribution in [0.5, 0.6) is 5.75 Å². The van der Waals surface area contributed by atoms with Crippen molar-refractivity contribution < 1.29 is 19.1 Å². The number of amides is 1. The first-order valence-electron chi connectivity index (χ1n) is 9.38. The highest BCUT2D eigenvalue weighted by atomic mass is 35.5. The van der Waals surface area contributed by atoms with E-state index in [4.69, 9.17) is 21.1 Å². The first-order valence-corrected chi connectivity index (χ1v) is 9.76. The maximum absolute atomic E-state index is 13.2. The third-order valence-electron chi connectivity index (χ3n) is 4.69. The number of benzene rings is 2. The Hall–Kier alpha value is -2.53. The number of carbonyl (C=O) groups is 2. The lowest BCUT2D eigenvalue weighted by molar-refractivity contribution is -0.150. The number of carbonyl (C=O) groups excluding carboxylic acids is 2. The van der Waals surface area contributed by atoms with E-state index in [0.29, 0.717) is 29.2 Å². The van der Waals surface area contributed by atoms with E-state index in [1.54, 1.807) is 25.1 Å². The van der Waals surface area contributed by atoms with Gasteiger partial charge in [-0.2, -0.15) is 0 Å². The minimum atomic E-state index is -1.14. The third kappa shape index (κ3) is 3.99. The van der Waals surface area contributed by atoms with Gasteiger partial charge in [0.1, 0.15) is 5.54 Å². The van der Waals surface area contributed by atoms with Crippen molar-refractivity contribution in [2.24, 2.45) is 0 Å². The largest absolute Gasteiger partial charge is 0.489 e. The van der Waals surface area contributed by atoms with Crippen LogP contribution in [0.4, 0.5) is 0 Å². The monoisotopic (exact) mass is 401 g/mol. The van der Waals surface area contributed by atoms with Crippen LogP contribution in [-0.2, 0) is 22.4 Å². The van der Waals surface area contributed by atoms with Crippen molar-refractivity contribution in [3.8, 4) is 5.75 Å².